The van der Waals surface area contributed by atoms with Crippen LogP contribution < -0.4 is 0 Å². The molecule has 4 aliphatic rings. The monoisotopic (exact) mass is 412 g/mol. The van der Waals surface area contributed by atoms with Gasteiger partial charge in [-0.15, -0.1) is 0 Å². The molecular weight excluding hydrogens is 400 g/mol. The van der Waals surface area contributed by atoms with E-state index >= 15 is 0 Å². The Balaban J connectivity index is 2.12. The third-order valence-corrected chi connectivity index (χ3v) is 5.06. The van der Waals surface area contributed by atoms with E-state index in [9.17, 15) is 49.8 Å². The van der Waals surface area contributed by atoms with Crippen LogP contribution in [0.1, 0.15) is 6.42 Å². The van der Waals surface area contributed by atoms with Gasteiger partial charge in [-0.05, 0) is 5.57 Å². The Labute approximate surface area is 166 Å². The van der Waals surface area contributed by atoms with Crippen molar-refractivity contribution in [2.24, 2.45) is 0 Å². The van der Waals surface area contributed by atoms with Crippen molar-refractivity contribution in [2.45, 2.75) is 12.5 Å². The molecule has 0 saturated carbocycles. The molecule has 0 aromatic rings. The molecule has 30 heavy (non-hydrogen) atoms. The first kappa shape index (κ1) is 19.2. The van der Waals surface area contributed by atoms with Crippen LogP contribution in [0.15, 0.2) is 80.5 Å². The molecule has 10 heteroatoms. The molecule has 0 aliphatic heterocycles. The molecule has 0 unspecified atom stereocenters. The van der Waals surface area contributed by atoms with Gasteiger partial charge in [0.05, 0.1) is 11.1 Å². The minimum atomic E-state index is -1.77. The molecule has 0 heterocycles. The van der Waals surface area contributed by atoms with Crippen molar-refractivity contribution in [3.63, 3.8) is 0 Å². The van der Waals surface area contributed by atoms with Crippen LogP contribution in [0.3, 0.4) is 0 Å². The summed E-state index contributed by atoms with van der Waals surface area (Å²) in [6.45, 7) is 0. The van der Waals surface area contributed by atoms with Gasteiger partial charge in [0.2, 0.25) is 11.6 Å². The average Bonchev–Trinajstić information content (AvgIpc) is 2.65. The Bertz CT molecular complexity index is 1230. The highest BCUT2D eigenvalue weighted by molar-refractivity contribution is 6.24. The van der Waals surface area contributed by atoms with E-state index in [1.807, 2.05) is 0 Å². The molecule has 0 aromatic heterocycles. The molecule has 6 N–H and O–H groups in total. The second kappa shape index (κ2) is 6.16. The number of hydrogen-bond donors (Lipinski definition) is 6. The van der Waals surface area contributed by atoms with Gasteiger partial charge in [-0.25, -0.2) is 0 Å². The van der Waals surface area contributed by atoms with Crippen molar-refractivity contribution in [2.75, 3.05) is 0 Å². The zero-order chi connectivity index (χ0) is 22.1. The van der Waals surface area contributed by atoms with Gasteiger partial charge in [-0.3, -0.25) is 19.2 Å². The number of carbonyl (C=O) groups excluding carboxylic acids is 4. The molecule has 152 valence electrons. The van der Waals surface area contributed by atoms with Gasteiger partial charge in [0.25, 0.3) is 0 Å². The van der Waals surface area contributed by atoms with Crippen molar-refractivity contribution in [3.8, 4) is 0 Å². The van der Waals surface area contributed by atoms with Gasteiger partial charge in [0.15, 0.2) is 23.1 Å². The van der Waals surface area contributed by atoms with E-state index in [0.717, 1.165) is 0 Å². The molecule has 0 amide bonds. The maximum absolute atomic E-state index is 12.7. The summed E-state index contributed by atoms with van der Waals surface area (Å²) in [5, 5.41) is 60.6. The number of aliphatic hydroxyl groups excluding tert-OH is 6. The highest BCUT2D eigenvalue weighted by Gasteiger charge is 2.43. The number of fused-ring (bicyclic) bond motifs is 2. The van der Waals surface area contributed by atoms with Crippen LogP contribution >= 0.6 is 0 Å². The van der Waals surface area contributed by atoms with Crippen LogP contribution in [0.25, 0.3) is 0 Å². The van der Waals surface area contributed by atoms with E-state index in [4.69, 9.17) is 0 Å². The van der Waals surface area contributed by atoms with Gasteiger partial charge in [0, 0.05) is 41.4 Å². The second-order valence-corrected chi connectivity index (χ2v) is 6.82. The summed E-state index contributed by atoms with van der Waals surface area (Å²) in [7, 11) is 0. The molecule has 4 aliphatic carbocycles. The lowest BCUT2D eigenvalue weighted by Crippen LogP contribution is -2.33. The van der Waals surface area contributed by atoms with E-state index in [1.54, 1.807) is 0 Å². The Hall–Kier alpha value is -4.18. The second-order valence-electron chi connectivity index (χ2n) is 6.82. The summed E-state index contributed by atoms with van der Waals surface area (Å²) in [4.78, 5) is 49.2. The SMILES string of the molecule is O=C1C=C(O)C2=C(C3=C4C[C@@H](O)C(=O)C(O)=C4C(O)=CC3=O)C(=O)C=C(O)C2=C1O. The zero-order valence-corrected chi connectivity index (χ0v) is 14.8. The largest absolute Gasteiger partial charge is 0.507 e. The lowest BCUT2D eigenvalue weighted by atomic mass is 9.74. The van der Waals surface area contributed by atoms with Crippen molar-refractivity contribution < 1.29 is 49.8 Å². The van der Waals surface area contributed by atoms with Gasteiger partial charge in [-0.1, -0.05) is 0 Å². The number of carbonyl (C=O) groups is 4. The zero-order valence-electron chi connectivity index (χ0n) is 14.8. The van der Waals surface area contributed by atoms with Crippen molar-refractivity contribution >= 4 is 23.1 Å². The molecule has 0 bridgehead atoms. The van der Waals surface area contributed by atoms with Crippen LogP contribution in [0.2, 0.25) is 0 Å². The minimum Gasteiger partial charge on any atom is -0.507 e. The molecule has 0 aromatic carbocycles. The van der Waals surface area contributed by atoms with E-state index in [-0.39, 0.29) is 5.57 Å². The van der Waals surface area contributed by atoms with Crippen LogP contribution in [0.4, 0.5) is 0 Å². The first-order chi connectivity index (χ1) is 14.0. The highest BCUT2D eigenvalue weighted by Crippen LogP contribution is 2.44. The summed E-state index contributed by atoms with van der Waals surface area (Å²) in [6, 6.07) is 0. The Kier molecular flexibility index (Phi) is 3.93. The standard InChI is InChI=1S/C20H12O10/c21-6-2-7(22)14-5(1-11(26)19(29)20(14)30)13(6)15-8(23)3-10(25)17-16(15)9(24)4-12(27)18(17)28/h2-4,11,22,24-26,28,30H,1H2/t11-/m1/s1. The Morgan fingerprint density at radius 3 is 1.73 bits per heavy atom. The van der Waals surface area contributed by atoms with Gasteiger partial charge in [-0.2, -0.15) is 0 Å². The predicted octanol–water partition coefficient (Wildman–Crippen LogP) is 0.611. The molecule has 4 rings (SSSR count). The number of allylic oxidation sites excluding steroid dienone is 8. The van der Waals surface area contributed by atoms with Gasteiger partial charge < -0.3 is 30.6 Å². The lowest BCUT2D eigenvalue weighted by Gasteiger charge is -2.30. The van der Waals surface area contributed by atoms with Crippen molar-refractivity contribution in [1.29, 1.82) is 0 Å². The summed E-state index contributed by atoms with van der Waals surface area (Å²) in [5.41, 5.74) is -2.86. The molecule has 1 atom stereocenters. The summed E-state index contributed by atoms with van der Waals surface area (Å²) in [5.74, 6) is -8.52. The fourth-order valence-electron chi connectivity index (χ4n) is 3.78. The number of ketones is 4. The van der Waals surface area contributed by atoms with Crippen LogP contribution in [-0.2, 0) is 19.2 Å². The summed E-state index contributed by atoms with van der Waals surface area (Å²) in [6.07, 6.45) is -0.494. The summed E-state index contributed by atoms with van der Waals surface area (Å²) < 4.78 is 0. The number of rotatable bonds is 1. The molecule has 0 saturated heterocycles. The van der Waals surface area contributed by atoms with E-state index < -0.39 is 92.3 Å². The Morgan fingerprint density at radius 1 is 0.600 bits per heavy atom. The fraction of sp³-hybridized carbons (Fsp3) is 0.100. The van der Waals surface area contributed by atoms with Crippen LogP contribution in [-0.4, -0.2) is 59.9 Å². The average molecular weight is 412 g/mol. The first-order valence-corrected chi connectivity index (χ1v) is 8.48. The van der Waals surface area contributed by atoms with E-state index in [0.29, 0.717) is 18.2 Å². The minimum absolute atomic E-state index is 0.251. The third-order valence-electron chi connectivity index (χ3n) is 5.06. The summed E-state index contributed by atoms with van der Waals surface area (Å²) >= 11 is 0. The van der Waals surface area contributed by atoms with Gasteiger partial charge in [0.1, 0.15) is 23.4 Å². The first-order valence-electron chi connectivity index (χ1n) is 8.48. The number of Topliss-reactive ketones (excluding diaryl/α,β-unsaturated/α-hetero) is 1. The molecule has 0 radical (unpaired) electrons. The van der Waals surface area contributed by atoms with Crippen LogP contribution in [0, 0.1) is 0 Å². The fourth-order valence-corrected chi connectivity index (χ4v) is 3.78. The van der Waals surface area contributed by atoms with Gasteiger partial charge >= 0.3 is 0 Å². The van der Waals surface area contributed by atoms with E-state index in [2.05, 4.69) is 0 Å². The normalized spacial score (nSPS) is 24.7. The lowest BCUT2D eigenvalue weighted by molar-refractivity contribution is -0.126. The number of aliphatic hydroxyl groups is 6. The smallest absolute Gasteiger partial charge is 0.226 e. The topological polar surface area (TPSA) is 190 Å². The maximum Gasteiger partial charge on any atom is 0.226 e. The van der Waals surface area contributed by atoms with Crippen LogP contribution in [0.5, 0.6) is 0 Å². The molecule has 10 nitrogen and oxygen atoms in total. The molecular formula is C20H12O10. The maximum atomic E-state index is 12.7. The number of hydrogen-bond acceptors (Lipinski definition) is 10. The molecule has 0 fully saturated rings. The molecule has 0 spiro atoms. The highest BCUT2D eigenvalue weighted by atomic mass is 16.3. The quantitative estimate of drug-likeness (QED) is 0.356. The van der Waals surface area contributed by atoms with E-state index in [1.165, 1.54) is 0 Å². The Morgan fingerprint density at radius 2 is 1.10 bits per heavy atom. The van der Waals surface area contributed by atoms with Crippen molar-refractivity contribution in [3.05, 3.63) is 80.5 Å². The third kappa shape index (κ3) is 2.40. The predicted molar refractivity (Wildman–Crippen MR) is 96.1 cm³/mol. The van der Waals surface area contributed by atoms with Crippen molar-refractivity contribution in [1.82, 2.24) is 0 Å².